The minimum absolute atomic E-state index is 0.0504. The van der Waals surface area contributed by atoms with E-state index in [1.807, 2.05) is 6.07 Å². The third-order valence-electron chi connectivity index (χ3n) is 2.07. The molecule has 0 heterocycles. The number of nitrogens with one attached hydrogen (secondary N) is 1. The summed E-state index contributed by atoms with van der Waals surface area (Å²) in [5.41, 5.74) is 0.553. The highest BCUT2D eigenvalue weighted by Crippen LogP contribution is 2.19. The van der Waals surface area contributed by atoms with Gasteiger partial charge in [0.25, 0.3) is 5.91 Å². The molecule has 1 unspecified atom stereocenters. The topological polar surface area (TPSA) is 38.3 Å². The Hall–Kier alpha value is 0.150. The maximum Gasteiger partial charge on any atom is 0.251 e. The van der Waals surface area contributed by atoms with Gasteiger partial charge in [0.05, 0.1) is 17.7 Å². The maximum absolute atomic E-state index is 11.9. The molecule has 0 aromatic heterocycles. The van der Waals surface area contributed by atoms with Crippen molar-refractivity contribution in [1.82, 2.24) is 5.32 Å². The predicted octanol–water partition coefficient (Wildman–Crippen LogP) is 3.08. The first-order valence-corrected chi connectivity index (χ1v) is 7.47. The SMILES string of the molecule is COCC(CBr)NC(=O)c1ccc(I)c(Cl)c1. The van der Waals surface area contributed by atoms with Crippen LogP contribution in [0.25, 0.3) is 0 Å². The second-order valence-corrected chi connectivity index (χ2v) is 5.63. The minimum atomic E-state index is -0.148. The van der Waals surface area contributed by atoms with Crippen molar-refractivity contribution in [3.8, 4) is 0 Å². The normalized spacial score (nSPS) is 12.2. The number of ether oxygens (including phenoxy) is 1. The second kappa shape index (κ2) is 7.56. The highest BCUT2D eigenvalue weighted by atomic mass is 127. The molecule has 0 spiro atoms. The van der Waals surface area contributed by atoms with Crippen molar-refractivity contribution in [3.05, 3.63) is 32.4 Å². The largest absolute Gasteiger partial charge is 0.383 e. The zero-order chi connectivity index (χ0) is 12.8. The van der Waals surface area contributed by atoms with Crippen LogP contribution in [0.5, 0.6) is 0 Å². The molecular formula is C11H12BrClINO2. The highest BCUT2D eigenvalue weighted by molar-refractivity contribution is 14.1. The molecule has 1 rings (SSSR count). The first kappa shape index (κ1) is 15.2. The summed E-state index contributed by atoms with van der Waals surface area (Å²) < 4.78 is 5.93. The number of halogens is 3. The van der Waals surface area contributed by atoms with Crippen LogP contribution >= 0.6 is 50.1 Å². The van der Waals surface area contributed by atoms with Crippen molar-refractivity contribution >= 4 is 56.0 Å². The lowest BCUT2D eigenvalue weighted by atomic mass is 10.2. The lowest BCUT2D eigenvalue weighted by molar-refractivity contribution is 0.0908. The number of methoxy groups -OCH3 is 1. The van der Waals surface area contributed by atoms with E-state index in [4.69, 9.17) is 16.3 Å². The van der Waals surface area contributed by atoms with Gasteiger partial charge in [0.15, 0.2) is 0 Å². The van der Waals surface area contributed by atoms with Gasteiger partial charge in [-0.1, -0.05) is 27.5 Å². The second-order valence-electron chi connectivity index (χ2n) is 3.41. The molecule has 1 amide bonds. The van der Waals surface area contributed by atoms with Gasteiger partial charge >= 0.3 is 0 Å². The molecule has 0 radical (unpaired) electrons. The van der Waals surface area contributed by atoms with Gasteiger partial charge in [-0.05, 0) is 40.8 Å². The Balaban J connectivity index is 2.72. The summed E-state index contributed by atoms with van der Waals surface area (Å²) in [5, 5.41) is 4.09. The molecule has 0 aliphatic rings. The molecule has 0 saturated heterocycles. The Morgan fingerprint density at radius 1 is 1.65 bits per heavy atom. The number of benzene rings is 1. The van der Waals surface area contributed by atoms with E-state index in [-0.39, 0.29) is 11.9 Å². The average molecular weight is 432 g/mol. The van der Waals surface area contributed by atoms with Crippen LogP contribution in [-0.4, -0.2) is 31.0 Å². The molecule has 1 N–H and O–H groups in total. The van der Waals surface area contributed by atoms with Gasteiger partial charge in [-0.25, -0.2) is 0 Å². The van der Waals surface area contributed by atoms with E-state index >= 15 is 0 Å². The van der Waals surface area contributed by atoms with Gasteiger partial charge in [-0.3, -0.25) is 4.79 Å². The zero-order valence-electron chi connectivity index (χ0n) is 9.17. The van der Waals surface area contributed by atoms with Crippen LogP contribution in [0, 0.1) is 3.57 Å². The molecule has 0 saturated carbocycles. The Morgan fingerprint density at radius 3 is 2.88 bits per heavy atom. The smallest absolute Gasteiger partial charge is 0.251 e. The standard InChI is InChI=1S/C11H12BrClINO2/c1-17-6-8(5-12)15-11(16)7-2-3-10(14)9(13)4-7/h2-4,8H,5-6H2,1H3,(H,15,16). The quantitative estimate of drug-likeness (QED) is 0.574. The van der Waals surface area contributed by atoms with E-state index in [2.05, 4.69) is 43.8 Å². The summed E-state index contributed by atoms with van der Waals surface area (Å²) in [7, 11) is 1.60. The van der Waals surface area contributed by atoms with Crippen molar-refractivity contribution in [3.63, 3.8) is 0 Å². The summed E-state index contributed by atoms with van der Waals surface area (Å²) in [5.74, 6) is -0.148. The van der Waals surface area contributed by atoms with Crippen LogP contribution < -0.4 is 5.32 Å². The number of carbonyl (C=O) groups is 1. The van der Waals surface area contributed by atoms with E-state index < -0.39 is 0 Å². The summed E-state index contributed by atoms with van der Waals surface area (Å²) in [6, 6.07) is 5.18. The Morgan fingerprint density at radius 2 is 2.35 bits per heavy atom. The van der Waals surface area contributed by atoms with Crippen LogP contribution in [-0.2, 0) is 4.74 Å². The molecule has 0 aliphatic carbocycles. The first-order valence-electron chi connectivity index (χ1n) is 4.89. The molecule has 3 nitrogen and oxygen atoms in total. The van der Waals surface area contributed by atoms with Crippen LogP contribution in [0.1, 0.15) is 10.4 Å². The van der Waals surface area contributed by atoms with Gasteiger partial charge in [-0.15, -0.1) is 0 Å². The number of amides is 1. The van der Waals surface area contributed by atoms with E-state index in [0.717, 1.165) is 3.57 Å². The molecule has 94 valence electrons. The van der Waals surface area contributed by atoms with Crippen LogP contribution in [0.15, 0.2) is 18.2 Å². The lowest BCUT2D eigenvalue weighted by Gasteiger charge is -2.15. The van der Waals surface area contributed by atoms with Crippen LogP contribution in [0.2, 0.25) is 5.02 Å². The van der Waals surface area contributed by atoms with Gasteiger partial charge < -0.3 is 10.1 Å². The monoisotopic (exact) mass is 431 g/mol. The molecule has 1 aromatic rings. The minimum Gasteiger partial charge on any atom is -0.383 e. The average Bonchev–Trinajstić information content (AvgIpc) is 2.31. The van der Waals surface area contributed by atoms with Gasteiger partial charge in [-0.2, -0.15) is 0 Å². The van der Waals surface area contributed by atoms with E-state index in [1.54, 1.807) is 19.2 Å². The summed E-state index contributed by atoms with van der Waals surface area (Å²) >= 11 is 11.4. The lowest BCUT2D eigenvalue weighted by Crippen LogP contribution is -2.39. The molecule has 0 aliphatic heterocycles. The number of hydrogen-bond donors (Lipinski definition) is 1. The molecule has 17 heavy (non-hydrogen) atoms. The molecule has 1 atom stereocenters. The van der Waals surface area contributed by atoms with Crippen molar-refractivity contribution < 1.29 is 9.53 Å². The van der Waals surface area contributed by atoms with Gasteiger partial charge in [0, 0.05) is 21.6 Å². The Bertz CT molecular complexity index is 403. The fourth-order valence-corrected chi connectivity index (χ4v) is 2.10. The highest BCUT2D eigenvalue weighted by Gasteiger charge is 2.13. The first-order chi connectivity index (χ1) is 8.08. The summed E-state index contributed by atoms with van der Waals surface area (Å²) in [6.07, 6.45) is 0. The fourth-order valence-electron chi connectivity index (χ4n) is 1.23. The third-order valence-corrected chi connectivity index (χ3v) is 4.42. The fraction of sp³-hybridized carbons (Fsp3) is 0.364. The zero-order valence-corrected chi connectivity index (χ0v) is 13.7. The maximum atomic E-state index is 11.9. The Kier molecular flexibility index (Phi) is 6.76. The van der Waals surface area contributed by atoms with E-state index in [9.17, 15) is 4.79 Å². The van der Waals surface area contributed by atoms with Crippen molar-refractivity contribution in [2.75, 3.05) is 19.0 Å². The molecular weight excluding hydrogens is 420 g/mol. The molecule has 6 heteroatoms. The molecule has 0 fully saturated rings. The number of hydrogen-bond acceptors (Lipinski definition) is 2. The number of carbonyl (C=O) groups excluding carboxylic acids is 1. The predicted molar refractivity (Wildman–Crippen MR) is 81.1 cm³/mol. The summed E-state index contributed by atoms with van der Waals surface area (Å²) in [4.78, 5) is 11.9. The number of alkyl halides is 1. The summed E-state index contributed by atoms with van der Waals surface area (Å²) in [6.45, 7) is 0.467. The molecule has 0 bridgehead atoms. The third kappa shape index (κ3) is 4.73. The van der Waals surface area contributed by atoms with Crippen LogP contribution in [0.3, 0.4) is 0 Å². The van der Waals surface area contributed by atoms with Crippen molar-refractivity contribution in [1.29, 1.82) is 0 Å². The van der Waals surface area contributed by atoms with E-state index in [0.29, 0.717) is 22.5 Å². The number of rotatable bonds is 5. The van der Waals surface area contributed by atoms with Crippen molar-refractivity contribution in [2.24, 2.45) is 0 Å². The van der Waals surface area contributed by atoms with E-state index in [1.165, 1.54) is 0 Å². The van der Waals surface area contributed by atoms with Gasteiger partial charge in [0.1, 0.15) is 0 Å². The van der Waals surface area contributed by atoms with Gasteiger partial charge in [0.2, 0.25) is 0 Å². The van der Waals surface area contributed by atoms with Crippen LogP contribution in [0.4, 0.5) is 0 Å². The molecule has 1 aromatic carbocycles. The Labute approximate surface area is 128 Å². The van der Waals surface area contributed by atoms with Crippen molar-refractivity contribution in [2.45, 2.75) is 6.04 Å².